The summed E-state index contributed by atoms with van der Waals surface area (Å²) < 4.78 is 10.8. The third kappa shape index (κ3) is 3.61. The lowest BCUT2D eigenvalue weighted by Crippen LogP contribution is -2.30. The number of nitrogens with one attached hydrogen (secondary N) is 1. The normalized spacial score (nSPS) is 12.0. The molecule has 1 aromatic heterocycles. The third-order valence-electron chi connectivity index (χ3n) is 3.35. The molecule has 1 heterocycles. The lowest BCUT2D eigenvalue weighted by atomic mass is 9.98. The summed E-state index contributed by atoms with van der Waals surface area (Å²) in [6, 6.07) is 9.40. The number of benzene rings is 1. The van der Waals surface area contributed by atoms with Crippen molar-refractivity contribution < 1.29 is 14.1 Å². The van der Waals surface area contributed by atoms with Gasteiger partial charge in [-0.05, 0) is 24.0 Å². The van der Waals surface area contributed by atoms with Crippen molar-refractivity contribution in [2.75, 3.05) is 0 Å². The monoisotopic (exact) mass is 289 g/mol. The molecule has 2 aromatic rings. The van der Waals surface area contributed by atoms with Crippen molar-refractivity contribution in [1.82, 2.24) is 10.6 Å². The molecule has 6 heteroatoms. The smallest absolute Gasteiger partial charge is 0.287 e. The molecule has 0 radical (unpaired) electrons. The lowest BCUT2D eigenvalue weighted by molar-refractivity contribution is 0.0944. The molecular weight excluding hydrogens is 270 g/mol. The number of aromatic nitrogens is 1. The summed E-state index contributed by atoms with van der Waals surface area (Å²) >= 11 is 0. The molecule has 6 nitrogen and oxygen atoms in total. The third-order valence-corrected chi connectivity index (χ3v) is 3.35. The average Bonchev–Trinajstić information content (AvgIpc) is 3.00. The van der Waals surface area contributed by atoms with Gasteiger partial charge in [0.1, 0.15) is 12.4 Å². The molecule has 112 valence electrons. The van der Waals surface area contributed by atoms with Gasteiger partial charge in [-0.15, -0.1) is 0 Å². The molecule has 21 heavy (non-hydrogen) atoms. The van der Waals surface area contributed by atoms with Crippen LogP contribution in [0.4, 0.5) is 0 Å². The second kappa shape index (κ2) is 6.90. The molecule has 3 N–H and O–H groups in total. The van der Waals surface area contributed by atoms with Crippen LogP contribution in [0.15, 0.2) is 34.9 Å². The summed E-state index contributed by atoms with van der Waals surface area (Å²) in [5.74, 6) is 6.23. The van der Waals surface area contributed by atoms with Crippen LogP contribution in [0.2, 0.25) is 0 Å². The molecule has 0 spiro atoms. The van der Waals surface area contributed by atoms with E-state index in [0.717, 1.165) is 17.7 Å². The number of carbonyl (C=O) groups is 1. The van der Waals surface area contributed by atoms with Gasteiger partial charge in [-0.1, -0.05) is 37.2 Å². The maximum Gasteiger partial charge on any atom is 0.287 e. The number of carbonyl (C=O) groups excluding carboxylic acids is 1. The van der Waals surface area contributed by atoms with E-state index in [0.29, 0.717) is 11.7 Å². The minimum Gasteiger partial charge on any atom is -0.485 e. The predicted octanol–water partition coefficient (Wildman–Crippen LogP) is 2.37. The second-order valence-electron chi connectivity index (χ2n) is 4.79. The van der Waals surface area contributed by atoms with E-state index in [2.05, 4.69) is 25.1 Å². The summed E-state index contributed by atoms with van der Waals surface area (Å²) in [5, 5.41) is 3.63. The summed E-state index contributed by atoms with van der Waals surface area (Å²) in [6.45, 7) is 4.49. The Hall–Kier alpha value is -2.34. The molecule has 0 aliphatic heterocycles. The Bertz CT molecular complexity index is 610. The molecule has 0 saturated carbocycles. The van der Waals surface area contributed by atoms with Gasteiger partial charge >= 0.3 is 0 Å². The number of amides is 1. The van der Waals surface area contributed by atoms with Gasteiger partial charge in [-0.2, -0.15) is 0 Å². The first-order valence-electron chi connectivity index (χ1n) is 6.84. The zero-order valence-corrected chi connectivity index (χ0v) is 12.1. The highest BCUT2D eigenvalue weighted by atomic mass is 16.5. The highest BCUT2D eigenvalue weighted by molar-refractivity contribution is 5.91. The number of hydrogen-bond donors (Lipinski definition) is 2. The first kappa shape index (κ1) is 15.1. The zero-order valence-electron chi connectivity index (χ0n) is 12.1. The van der Waals surface area contributed by atoms with E-state index >= 15 is 0 Å². The summed E-state index contributed by atoms with van der Waals surface area (Å²) in [5.41, 5.74) is 3.28. The number of ether oxygens (including phenoxy) is 1. The largest absolute Gasteiger partial charge is 0.485 e. The summed E-state index contributed by atoms with van der Waals surface area (Å²) in [6.07, 6.45) is 1.03. The van der Waals surface area contributed by atoms with Gasteiger partial charge in [0.05, 0.1) is 0 Å². The minimum absolute atomic E-state index is 0.131. The topological polar surface area (TPSA) is 90.4 Å². The minimum atomic E-state index is -0.495. The first-order valence-corrected chi connectivity index (χ1v) is 6.84. The van der Waals surface area contributed by atoms with Crippen LogP contribution in [0.25, 0.3) is 0 Å². The highest BCUT2D eigenvalue weighted by Gasteiger charge is 2.13. The SMILES string of the molecule is CCC(C)c1ccccc1OCc1cc(C(=O)NN)no1. The maximum atomic E-state index is 11.3. The Morgan fingerprint density at radius 2 is 2.24 bits per heavy atom. The molecule has 0 aliphatic carbocycles. The zero-order chi connectivity index (χ0) is 15.2. The molecule has 1 aromatic carbocycles. The summed E-state index contributed by atoms with van der Waals surface area (Å²) in [7, 11) is 0. The van der Waals surface area contributed by atoms with Crippen LogP contribution in [0, 0.1) is 0 Å². The fourth-order valence-corrected chi connectivity index (χ4v) is 1.95. The average molecular weight is 289 g/mol. The van der Waals surface area contributed by atoms with Crippen LogP contribution in [-0.2, 0) is 6.61 Å². The van der Waals surface area contributed by atoms with Gasteiger partial charge in [0.2, 0.25) is 0 Å². The molecule has 0 saturated heterocycles. The Balaban J connectivity index is 2.06. The standard InChI is InChI=1S/C15H19N3O3/c1-3-10(2)12-6-4-5-7-14(12)20-9-11-8-13(18-21-11)15(19)17-16/h4-8,10H,3,9,16H2,1-2H3,(H,17,19). The number of nitrogens with zero attached hydrogens (tertiary/aromatic N) is 1. The van der Waals surface area contributed by atoms with E-state index < -0.39 is 5.91 Å². The van der Waals surface area contributed by atoms with E-state index in [1.54, 1.807) is 0 Å². The Morgan fingerprint density at radius 3 is 2.95 bits per heavy atom. The van der Waals surface area contributed by atoms with E-state index in [4.69, 9.17) is 15.1 Å². The van der Waals surface area contributed by atoms with Crippen LogP contribution in [0.5, 0.6) is 5.75 Å². The van der Waals surface area contributed by atoms with Gasteiger partial charge in [-0.25, -0.2) is 5.84 Å². The number of nitrogens with two attached hydrogens (primary N) is 1. The molecule has 1 amide bonds. The second-order valence-corrected chi connectivity index (χ2v) is 4.79. The number of nitrogen functional groups attached to an aromatic ring is 1. The molecule has 0 fully saturated rings. The van der Waals surface area contributed by atoms with Gasteiger partial charge in [0.25, 0.3) is 5.91 Å². The molecular formula is C15H19N3O3. The van der Waals surface area contributed by atoms with Crippen LogP contribution in [0.3, 0.4) is 0 Å². The Morgan fingerprint density at radius 1 is 1.48 bits per heavy atom. The van der Waals surface area contributed by atoms with Crippen molar-refractivity contribution >= 4 is 5.91 Å². The van der Waals surface area contributed by atoms with E-state index in [9.17, 15) is 4.79 Å². The van der Waals surface area contributed by atoms with Gasteiger partial charge in [0.15, 0.2) is 11.5 Å². The number of para-hydroxylation sites is 1. The first-order chi connectivity index (χ1) is 10.2. The van der Waals surface area contributed by atoms with Crippen LogP contribution in [-0.4, -0.2) is 11.1 Å². The molecule has 2 rings (SSSR count). The van der Waals surface area contributed by atoms with E-state index in [1.807, 2.05) is 23.6 Å². The van der Waals surface area contributed by atoms with Crippen LogP contribution < -0.4 is 16.0 Å². The number of hydrazine groups is 1. The van der Waals surface area contributed by atoms with E-state index in [1.165, 1.54) is 6.07 Å². The van der Waals surface area contributed by atoms with Crippen molar-refractivity contribution in [3.8, 4) is 5.75 Å². The highest BCUT2D eigenvalue weighted by Crippen LogP contribution is 2.28. The Kier molecular flexibility index (Phi) is 4.94. The van der Waals surface area contributed by atoms with E-state index in [-0.39, 0.29) is 12.3 Å². The fourth-order valence-electron chi connectivity index (χ4n) is 1.95. The summed E-state index contributed by atoms with van der Waals surface area (Å²) in [4.78, 5) is 11.3. The number of rotatable bonds is 6. The van der Waals surface area contributed by atoms with Crippen molar-refractivity contribution in [2.24, 2.45) is 5.84 Å². The lowest BCUT2D eigenvalue weighted by Gasteiger charge is -2.14. The predicted molar refractivity (Wildman–Crippen MR) is 77.6 cm³/mol. The Labute approximate surface area is 123 Å². The van der Waals surface area contributed by atoms with Crippen LogP contribution in [0.1, 0.15) is 48.0 Å². The van der Waals surface area contributed by atoms with Gasteiger partial charge in [-0.3, -0.25) is 10.2 Å². The maximum absolute atomic E-state index is 11.3. The van der Waals surface area contributed by atoms with Gasteiger partial charge in [0, 0.05) is 6.07 Å². The van der Waals surface area contributed by atoms with Gasteiger partial charge < -0.3 is 9.26 Å². The quantitative estimate of drug-likeness (QED) is 0.484. The van der Waals surface area contributed by atoms with Crippen molar-refractivity contribution in [1.29, 1.82) is 0 Å². The molecule has 0 aliphatic rings. The molecule has 0 bridgehead atoms. The molecule has 1 atom stereocenters. The van der Waals surface area contributed by atoms with Crippen LogP contribution >= 0.6 is 0 Å². The fraction of sp³-hybridized carbons (Fsp3) is 0.333. The van der Waals surface area contributed by atoms with Crippen molar-refractivity contribution in [3.05, 3.63) is 47.3 Å². The van der Waals surface area contributed by atoms with Crippen molar-refractivity contribution in [2.45, 2.75) is 32.8 Å². The van der Waals surface area contributed by atoms with Crippen molar-refractivity contribution in [3.63, 3.8) is 0 Å². The number of hydrogen-bond acceptors (Lipinski definition) is 5. The molecule has 1 unspecified atom stereocenters.